The third kappa shape index (κ3) is 4.28. The van der Waals surface area contributed by atoms with E-state index in [2.05, 4.69) is 10.6 Å². The molecule has 4 aromatic rings. The number of nitrogens with two attached hydrogens (primary N) is 1. The number of nitrogens with zero attached hydrogens (tertiary/aromatic N) is 1. The summed E-state index contributed by atoms with van der Waals surface area (Å²) < 4.78 is 7.60. The van der Waals surface area contributed by atoms with E-state index >= 15 is 0 Å². The monoisotopic (exact) mass is 468 g/mol. The number of ether oxygens (including phenoxy) is 1. The molecule has 1 aromatic heterocycles. The lowest BCUT2D eigenvalue weighted by Gasteiger charge is -2.15. The van der Waals surface area contributed by atoms with Crippen molar-refractivity contribution in [2.75, 3.05) is 6.61 Å². The van der Waals surface area contributed by atoms with Crippen LogP contribution in [0.25, 0.3) is 22.0 Å². The largest absolute Gasteiger partial charge is 0.481 e. The molecule has 0 unspecified atom stereocenters. The van der Waals surface area contributed by atoms with E-state index in [-0.39, 0.29) is 17.2 Å². The zero-order valence-electron chi connectivity index (χ0n) is 18.9. The Morgan fingerprint density at radius 2 is 1.66 bits per heavy atom. The van der Waals surface area contributed by atoms with Crippen molar-refractivity contribution in [1.29, 1.82) is 0 Å². The van der Waals surface area contributed by atoms with Crippen LogP contribution < -0.4 is 10.5 Å². The molecular weight excluding hydrogens is 444 g/mol. The minimum atomic E-state index is -1.14. The van der Waals surface area contributed by atoms with Crippen LogP contribution in [0.1, 0.15) is 40.4 Å². The van der Waals surface area contributed by atoms with Crippen molar-refractivity contribution in [1.82, 2.24) is 4.57 Å². The molecule has 0 atom stereocenters. The van der Waals surface area contributed by atoms with Crippen LogP contribution >= 0.6 is 0 Å². The van der Waals surface area contributed by atoms with Crippen LogP contribution in [0.5, 0.6) is 5.75 Å². The fourth-order valence-corrected chi connectivity index (χ4v) is 4.68. The van der Waals surface area contributed by atoms with Crippen molar-refractivity contribution >= 4 is 28.6 Å². The number of carbonyl (C=O) groups excluding carboxylic acids is 2. The second-order valence-electron chi connectivity index (χ2n) is 8.67. The normalized spacial score (nSPS) is 13.0. The van der Waals surface area contributed by atoms with Crippen molar-refractivity contribution < 1.29 is 24.2 Å². The summed E-state index contributed by atoms with van der Waals surface area (Å²) in [6, 6.07) is 23.3. The molecule has 1 heterocycles. The molecule has 3 N–H and O–H groups in total. The summed E-state index contributed by atoms with van der Waals surface area (Å²) in [6.45, 7) is -0.105. The zero-order chi connectivity index (χ0) is 24.5. The van der Waals surface area contributed by atoms with Crippen molar-refractivity contribution in [2.45, 2.75) is 25.3 Å². The summed E-state index contributed by atoms with van der Waals surface area (Å²) in [7, 11) is 0. The molecule has 3 aromatic carbocycles. The predicted octanol–water partition coefficient (Wildman–Crippen LogP) is 4.37. The van der Waals surface area contributed by atoms with Gasteiger partial charge < -0.3 is 20.1 Å². The van der Waals surface area contributed by atoms with Crippen LogP contribution in [0.15, 0.2) is 72.8 Å². The van der Waals surface area contributed by atoms with E-state index in [1.807, 2.05) is 54.6 Å². The van der Waals surface area contributed by atoms with Gasteiger partial charge in [-0.15, -0.1) is 0 Å². The number of carbonyl (C=O) groups is 3. The van der Waals surface area contributed by atoms with Gasteiger partial charge in [0.2, 0.25) is 0 Å². The summed E-state index contributed by atoms with van der Waals surface area (Å²) >= 11 is 0. The second-order valence-corrected chi connectivity index (χ2v) is 8.67. The summed E-state index contributed by atoms with van der Waals surface area (Å²) in [5.41, 5.74) is 10.3. The van der Waals surface area contributed by atoms with Crippen molar-refractivity contribution in [3.05, 3.63) is 89.6 Å². The van der Waals surface area contributed by atoms with Gasteiger partial charge in [-0.05, 0) is 41.7 Å². The number of ketones is 1. The number of fused-ring (bicyclic) bond motifs is 1. The summed E-state index contributed by atoms with van der Waals surface area (Å²) in [5, 5.41) is 9.56. The minimum Gasteiger partial charge on any atom is -0.481 e. The Balaban J connectivity index is 1.73. The number of carboxylic acid groups (broad SMARTS) is 1. The van der Waals surface area contributed by atoms with E-state index in [0.717, 1.165) is 35.2 Å². The molecule has 0 saturated heterocycles. The number of hydrogen-bond donors (Lipinski definition) is 2. The van der Waals surface area contributed by atoms with Gasteiger partial charge in [-0.1, -0.05) is 60.7 Å². The fraction of sp³-hybridized carbons (Fsp3) is 0.179. The average molecular weight is 469 g/mol. The maximum Gasteiger partial charge on any atom is 0.341 e. The highest BCUT2D eigenvalue weighted by Crippen LogP contribution is 2.47. The van der Waals surface area contributed by atoms with Crippen molar-refractivity contribution in [3.8, 4) is 16.9 Å². The van der Waals surface area contributed by atoms with Crippen molar-refractivity contribution in [2.24, 2.45) is 5.73 Å². The first-order valence-corrected chi connectivity index (χ1v) is 11.4. The number of benzene rings is 3. The number of amides is 1. The van der Waals surface area contributed by atoms with Gasteiger partial charge in [-0.2, -0.15) is 0 Å². The highest BCUT2D eigenvalue weighted by atomic mass is 16.5. The molecule has 1 fully saturated rings. The lowest BCUT2D eigenvalue weighted by Crippen LogP contribution is -2.24. The molecule has 1 aliphatic carbocycles. The number of Topliss-reactive ketones (excluding diaryl/α,β-unsaturated/α-hetero) is 1. The minimum absolute atomic E-state index is 0.108. The van der Waals surface area contributed by atoms with Crippen LogP contribution in [0.3, 0.4) is 0 Å². The molecule has 1 saturated carbocycles. The highest BCUT2D eigenvalue weighted by molar-refractivity contribution is 6.45. The Labute approximate surface area is 201 Å². The molecule has 0 aliphatic heterocycles. The van der Waals surface area contributed by atoms with E-state index in [9.17, 15) is 14.4 Å². The third-order valence-corrected chi connectivity index (χ3v) is 6.29. The van der Waals surface area contributed by atoms with Gasteiger partial charge in [0, 0.05) is 18.2 Å². The summed E-state index contributed by atoms with van der Waals surface area (Å²) in [6.07, 6.45) is 1.78. The number of aromatic nitrogens is 1. The van der Waals surface area contributed by atoms with Crippen LogP contribution in [-0.4, -0.2) is 33.9 Å². The number of hydrogen-bond acceptors (Lipinski definition) is 4. The average Bonchev–Trinajstić information content (AvgIpc) is 3.65. The molecule has 7 heteroatoms. The maximum atomic E-state index is 13.1. The molecule has 176 valence electrons. The molecular formula is C28H24N2O5. The van der Waals surface area contributed by atoms with E-state index in [1.54, 1.807) is 12.1 Å². The first-order chi connectivity index (χ1) is 17.0. The van der Waals surface area contributed by atoms with Gasteiger partial charge in [-0.25, -0.2) is 4.79 Å². The standard InChI is InChI=1S/C28H24N2O5/c29-28(34)27(33)25-24-21(11-6-12-22(24)35-16-23(31)32)30(26(25)18-13-14-18)15-19-9-4-5-10-20(19)17-7-2-1-3-8-17/h1-12,18H,13-16H2,(H2,29,34)(H,31,32). The van der Waals surface area contributed by atoms with Crippen LogP contribution in [0, 0.1) is 0 Å². The zero-order valence-corrected chi connectivity index (χ0v) is 18.9. The van der Waals surface area contributed by atoms with Gasteiger partial charge in [0.15, 0.2) is 6.61 Å². The molecule has 35 heavy (non-hydrogen) atoms. The Kier molecular flexibility index (Phi) is 5.82. The van der Waals surface area contributed by atoms with Gasteiger partial charge in [0.25, 0.3) is 11.7 Å². The van der Waals surface area contributed by atoms with E-state index < -0.39 is 24.3 Å². The van der Waals surface area contributed by atoms with Gasteiger partial charge in [0.05, 0.1) is 16.5 Å². The van der Waals surface area contributed by atoms with E-state index in [0.29, 0.717) is 17.4 Å². The highest BCUT2D eigenvalue weighted by Gasteiger charge is 2.36. The van der Waals surface area contributed by atoms with Gasteiger partial charge in [-0.3, -0.25) is 9.59 Å². The van der Waals surface area contributed by atoms with E-state index in [1.165, 1.54) is 0 Å². The van der Waals surface area contributed by atoms with Crippen LogP contribution in [0.2, 0.25) is 0 Å². The topological polar surface area (TPSA) is 112 Å². The van der Waals surface area contributed by atoms with Crippen LogP contribution in [-0.2, 0) is 16.1 Å². The molecule has 0 radical (unpaired) electrons. The van der Waals surface area contributed by atoms with Gasteiger partial charge in [0.1, 0.15) is 5.75 Å². The Hall–Kier alpha value is -4.39. The lowest BCUT2D eigenvalue weighted by atomic mass is 9.99. The predicted molar refractivity (Wildman–Crippen MR) is 132 cm³/mol. The van der Waals surface area contributed by atoms with Crippen LogP contribution in [0.4, 0.5) is 0 Å². The maximum absolute atomic E-state index is 13.1. The number of primary amides is 1. The number of aliphatic carboxylic acids is 1. The SMILES string of the molecule is NC(=O)C(=O)c1c(C2CC2)n(Cc2ccccc2-c2ccccc2)c2cccc(OCC(=O)O)c12. The smallest absolute Gasteiger partial charge is 0.341 e. The number of carboxylic acids is 1. The molecule has 1 amide bonds. The molecule has 1 aliphatic rings. The molecule has 0 spiro atoms. The third-order valence-electron chi connectivity index (χ3n) is 6.29. The fourth-order valence-electron chi connectivity index (χ4n) is 4.68. The Bertz CT molecular complexity index is 1450. The van der Waals surface area contributed by atoms with E-state index in [4.69, 9.17) is 15.6 Å². The second kappa shape index (κ2) is 9.10. The Morgan fingerprint density at radius 3 is 2.34 bits per heavy atom. The lowest BCUT2D eigenvalue weighted by molar-refractivity contribution is -0.139. The summed E-state index contributed by atoms with van der Waals surface area (Å²) in [4.78, 5) is 36.3. The molecule has 0 bridgehead atoms. The Morgan fingerprint density at radius 1 is 0.943 bits per heavy atom. The molecule has 7 nitrogen and oxygen atoms in total. The first-order valence-electron chi connectivity index (χ1n) is 11.4. The molecule has 5 rings (SSSR count). The number of rotatable bonds is 9. The van der Waals surface area contributed by atoms with Crippen molar-refractivity contribution in [3.63, 3.8) is 0 Å². The quantitative estimate of drug-likeness (QED) is 0.280. The van der Waals surface area contributed by atoms with Gasteiger partial charge >= 0.3 is 5.97 Å². The first kappa shape index (κ1) is 22.4. The summed E-state index contributed by atoms with van der Waals surface area (Å²) in [5.74, 6) is -2.63.